The Morgan fingerprint density at radius 2 is 0.778 bits per heavy atom. The van der Waals surface area contributed by atoms with Crippen LogP contribution in [0.3, 0.4) is 0 Å². The van der Waals surface area contributed by atoms with Crippen LogP contribution in [-0.4, -0.2) is 28.9 Å². The van der Waals surface area contributed by atoms with Gasteiger partial charge in [-0.25, -0.2) is 9.59 Å². The minimum Gasteiger partial charge on any atom is -0.379 e. The summed E-state index contributed by atoms with van der Waals surface area (Å²) in [5.41, 5.74) is 3.65. The average molecular weight is 771 g/mol. The van der Waals surface area contributed by atoms with Crippen molar-refractivity contribution in [3.63, 3.8) is 0 Å². The van der Waals surface area contributed by atoms with Gasteiger partial charge >= 0.3 is 32.3 Å². The van der Waals surface area contributed by atoms with Crippen LogP contribution in [0.2, 0.25) is 0 Å². The second kappa shape index (κ2) is 15.6. The van der Waals surface area contributed by atoms with Crippen LogP contribution in [0.4, 0.5) is 32.3 Å². The molecule has 0 spiro atoms. The van der Waals surface area contributed by atoms with Gasteiger partial charge in [-0.05, 0) is 82.6 Å². The fourth-order valence-electron chi connectivity index (χ4n) is 5.15. The summed E-state index contributed by atoms with van der Waals surface area (Å²) < 4.78 is 64.6. The zero-order valence-corrected chi connectivity index (χ0v) is 32.3. The zero-order chi connectivity index (χ0) is 39.3. The third-order valence-corrected chi connectivity index (χ3v) is 10.7. The molecule has 5 aromatic rings. The molecule has 14 heteroatoms. The summed E-state index contributed by atoms with van der Waals surface area (Å²) >= 11 is 0. The van der Waals surface area contributed by atoms with E-state index in [0.717, 1.165) is 23.3 Å². The molecule has 0 radical (unpaired) electrons. The van der Waals surface area contributed by atoms with Gasteiger partial charge in [-0.15, -0.1) is 0 Å². The van der Waals surface area contributed by atoms with E-state index in [-0.39, 0.29) is 33.7 Å². The van der Waals surface area contributed by atoms with E-state index in [1.807, 2.05) is 24.3 Å². The van der Waals surface area contributed by atoms with Crippen LogP contribution in [0.15, 0.2) is 131 Å². The topological polar surface area (TPSA) is 169 Å². The summed E-state index contributed by atoms with van der Waals surface area (Å²) in [6, 6.07) is 29.7. The van der Waals surface area contributed by atoms with Gasteiger partial charge in [0.15, 0.2) is 0 Å². The molecule has 54 heavy (non-hydrogen) atoms. The second-order valence-electron chi connectivity index (χ2n) is 14.4. The Labute approximate surface area is 316 Å². The highest BCUT2D eigenvalue weighted by atomic mass is 32.2. The molecule has 0 bridgehead atoms. The van der Waals surface area contributed by atoms with E-state index in [1.54, 1.807) is 24.3 Å². The van der Waals surface area contributed by atoms with Crippen LogP contribution in [0, 0.1) is 0 Å². The minimum absolute atomic E-state index is 0.0513. The van der Waals surface area contributed by atoms with Crippen LogP contribution in [0.25, 0.3) is 0 Å². The number of carbonyl (C=O) groups excluding carboxylic acids is 2. The van der Waals surface area contributed by atoms with Crippen molar-refractivity contribution in [1.29, 1.82) is 0 Å². The molecule has 282 valence electrons. The molecule has 0 atom stereocenters. The number of benzene rings is 5. The summed E-state index contributed by atoms with van der Waals surface area (Å²) in [5, 5.41) is 10.7. The molecule has 12 nitrogen and oxygen atoms in total. The average Bonchev–Trinajstić information content (AvgIpc) is 3.08. The minimum atomic E-state index is -4.75. The number of nitrogens with one attached hydrogen (secondary N) is 4. The zero-order valence-electron chi connectivity index (χ0n) is 30.6. The van der Waals surface area contributed by atoms with Crippen LogP contribution >= 0.6 is 0 Å². The molecule has 0 aromatic heterocycles. The number of carbonyl (C=O) groups is 2. The van der Waals surface area contributed by atoms with Crippen molar-refractivity contribution < 1.29 is 34.8 Å². The van der Waals surface area contributed by atoms with E-state index in [1.165, 1.54) is 60.7 Å². The lowest BCUT2D eigenvalue weighted by Crippen LogP contribution is -2.20. The Bertz CT molecular complexity index is 2200. The maximum atomic E-state index is 13.5. The number of amides is 4. The lowest BCUT2D eigenvalue weighted by Gasteiger charge is -2.19. The van der Waals surface area contributed by atoms with Crippen molar-refractivity contribution in [2.45, 2.75) is 62.2 Å². The highest BCUT2D eigenvalue weighted by molar-refractivity contribution is 7.90. The Hall–Kier alpha value is -5.86. The monoisotopic (exact) mass is 770 g/mol. The van der Waals surface area contributed by atoms with Crippen LogP contribution in [0.5, 0.6) is 11.5 Å². The van der Waals surface area contributed by atoms with E-state index in [4.69, 9.17) is 8.37 Å². The first-order chi connectivity index (χ1) is 25.3. The molecule has 0 fully saturated rings. The molecule has 0 aliphatic rings. The van der Waals surface area contributed by atoms with Gasteiger partial charge in [0.1, 0.15) is 21.3 Å². The van der Waals surface area contributed by atoms with Gasteiger partial charge in [0, 0.05) is 34.9 Å². The summed E-state index contributed by atoms with van der Waals surface area (Å²) in [6.07, 6.45) is 0. The number of hydrogen-bond donors (Lipinski definition) is 4. The molecule has 5 aromatic carbocycles. The number of rotatable bonds is 10. The predicted molar refractivity (Wildman–Crippen MR) is 211 cm³/mol. The maximum absolute atomic E-state index is 13.5. The summed E-state index contributed by atoms with van der Waals surface area (Å²) in [7, 11) is -9.49. The molecule has 0 saturated carbocycles. The van der Waals surface area contributed by atoms with Crippen molar-refractivity contribution in [3.8, 4) is 11.5 Å². The predicted octanol–water partition coefficient (Wildman–Crippen LogP) is 9.11. The van der Waals surface area contributed by atoms with Crippen LogP contribution < -0.4 is 29.6 Å². The quantitative estimate of drug-likeness (QED) is 0.102. The van der Waals surface area contributed by atoms with E-state index < -0.39 is 42.1 Å². The van der Waals surface area contributed by atoms with Gasteiger partial charge in [-0.3, -0.25) is 0 Å². The molecule has 0 heterocycles. The second-order valence-corrected chi connectivity index (χ2v) is 17.4. The molecule has 4 amide bonds. The van der Waals surface area contributed by atoms with Crippen molar-refractivity contribution >= 4 is 55.0 Å². The lowest BCUT2D eigenvalue weighted by atomic mass is 9.87. The maximum Gasteiger partial charge on any atom is 0.340 e. The van der Waals surface area contributed by atoms with Gasteiger partial charge in [0.05, 0.1) is 0 Å². The highest BCUT2D eigenvalue weighted by Crippen LogP contribution is 2.30. The smallest absolute Gasteiger partial charge is 0.340 e. The molecular weight excluding hydrogens is 729 g/mol. The summed E-state index contributed by atoms with van der Waals surface area (Å²) in [6.45, 7) is 12.5. The molecule has 0 aliphatic carbocycles. The first-order valence-corrected chi connectivity index (χ1v) is 19.7. The molecule has 4 N–H and O–H groups in total. The van der Waals surface area contributed by atoms with Gasteiger partial charge in [0.2, 0.25) is 0 Å². The van der Waals surface area contributed by atoms with E-state index in [0.29, 0.717) is 11.4 Å². The van der Waals surface area contributed by atoms with Gasteiger partial charge in [-0.2, -0.15) is 16.8 Å². The van der Waals surface area contributed by atoms with Crippen molar-refractivity contribution in [3.05, 3.63) is 132 Å². The van der Waals surface area contributed by atoms with E-state index >= 15 is 0 Å². The Kier molecular flexibility index (Phi) is 11.4. The first kappa shape index (κ1) is 39.3. The number of urea groups is 2. The Balaban J connectivity index is 1.25. The summed E-state index contributed by atoms with van der Waals surface area (Å²) in [5.74, 6) is -0.365. The van der Waals surface area contributed by atoms with Gasteiger partial charge in [-0.1, -0.05) is 90.1 Å². The molecule has 0 aliphatic heterocycles. The third kappa shape index (κ3) is 10.4. The molecule has 0 saturated heterocycles. The Morgan fingerprint density at radius 3 is 1.11 bits per heavy atom. The van der Waals surface area contributed by atoms with Crippen LogP contribution in [0.1, 0.15) is 52.7 Å². The molecule has 0 unspecified atom stereocenters. The van der Waals surface area contributed by atoms with Crippen molar-refractivity contribution in [2.24, 2.45) is 0 Å². The third-order valence-electron chi connectivity index (χ3n) is 8.00. The lowest BCUT2D eigenvalue weighted by molar-refractivity contribution is 0.261. The molecular formula is C40H42N4O8S2. The fraction of sp³-hybridized carbons (Fsp3) is 0.200. The SMILES string of the molecule is CC(C)(C)c1ccc(NC(=O)Nc2cccc(OS(=O)(=O)c3ccccc3S(=O)(=O)Oc3cccc(NC(=O)Nc4ccc(C(C)(C)C)cc4)c3)c2)cc1. The van der Waals surface area contributed by atoms with E-state index in [2.05, 4.69) is 62.8 Å². The highest BCUT2D eigenvalue weighted by Gasteiger charge is 2.30. The van der Waals surface area contributed by atoms with Crippen molar-refractivity contribution in [1.82, 2.24) is 0 Å². The summed E-state index contributed by atoms with van der Waals surface area (Å²) in [4.78, 5) is 24.0. The van der Waals surface area contributed by atoms with Gasteiger partial charge < -0.3 is 29.6 Å². The standard InChI is InChI=1S/C40H42N4O8S2/c1-39(2,3)27-17-21-29(22-18-27)41-37(45)43-31-11-9-13-33(25-31)51-53(47,48)35-15-7-8-16-36(35)54(49,50)52-34-14-10-12-32(26-34)44-38(46)42-30-23-19-28(20-24-30)40(4,5)6/h7-26H,1-6H3,(H2,41,43,45)(H2,42,44,46). The fourth-order valence-corrected chi connectivity index (χ4v) is 7.78. The number of anilines is 4. The van der Waals surface area contributed by atoms with E-state index in [9.17, 15) is 26.4 Å². The largest absolute Gasteiger partial charge is 0.379 e. The van der Waals surface area contributed by atoms with Gasteiger partial charge in [0.25, 0.3) is 0 Å². The van der Waals surface area contributed by atoms with Crippen LogP contribution in [-0.2, 0) is 31.1 Å². The number of hydrogen-bond acceptors (Lipinski definition) is 8. The first-order valence-electron chi connectivity index (χ1n) is 16.8. The normalized spacial score (nSPS) is 12.0. The van der Waals surface area contributed by atoms with Crippen molar-refractivity contribution in [2.75, 3.05) is 21.3 Å². The molecule has 5 rings (SSSR count). The Morgan fingerprint density at radius 1 is 0.444 bits per heavy atom.